The average Bonchev–Trinajstić information content (AvgIpc) is 2.80. The molecular weight excluding hydrogens is 227 g/mol. The van der Waals surface area contributed by atoms with Crippen LogP contribution in [0.1, 0.15) is 17.5 Å². The highest BCUT2D eigenvalue weighted by Gasteiger charge is 2.32. The largest absolute Gasteiger partial charge is 0.316 e. The van der Waals surface area contributed by atoms with Crippen LogP contribution in [0, 0.1) is 24.6 Å². The molecule has 2 fully saturated rings. The predicted octanol–water partition coefficient (Wildman–Crippen LogP) is 2.18. The van der Waals surface area contributed by atoms with Gasteiger partial charge in [-0.2, -0.15) is 0 Å². The summed E-state index contributed by atoms with van der Waals surface area (Å²) in [6.07, 6.45) is 1.30. The lowest BCUT2D eigenvalue weighted by Crippen LogP contribution is -2.39. The van der Waals surface area contributed by atoms with E-state index in [9.17, 15) is 4.39 Å². The summed E-state index contributed by atoms with van der Waals surface area (Å²) in [5.41, 5.74) is 2.34. The first-order valence-corrected chi connectivity index (χ1v) is 6.90. The second-order valence-corrected chi connectivity index (χ2v) is 5.77. The number of rotatable bonds is 2. The second kappa shape index (κ2) is 4.98. The van der Waals surface area contributed by atoms with Crippen molar-refractivity contribution in [2.75, 3.05) is 26.2 Å². The van der Waals surface area contributed by atoms with Crippen LogP contribution >= 0.6 is 0 Å². The Hall–Kier alpha value is -0.930. The van der Waals surface area contributed by atoms with Gasteiger partial charge in [0.05, 0.1) is 0 Å². The first-order valence-electron chi connectivity index (χ1n) is 6.90. The van der Waals surface area contributed by atoms with Crippen LogP contribution in [0.5, 0.6) is 0 Å². The molecule has 3 rings (SSSR count). The Morgan fingerprint density at radius 3 is 3.00 bits per heavy atom. The van der Waals surface area contributed by atoms with Gasteiger partial charge in [0.1, 0.15) is 5.82 Å². The zero-order valence-electron chi connectivity index (χ0n) is 11.0. The van der Waals surface area contributed by atoms with Gasteiger partial charge in [-0.1, -0.05) is 6.07 Å². The molecule has 0 aromatic heterocycles. The Bertz CT molecular complexity index is 433. The van der Waals surface area contributed by atoms with Crippen molar-refractivity contribution in [2.45, 2.75) is 19.9 Å². The highest BCUT2D eigenvalue weighted by Crippen LogP contribution is 2.27. The molecule has 2 aliphatic heterocycles. The third-order valence-electron chi connectivity index (χ3n) is 4.49. The van der Waals surface area contributed by atoms with Gasteiger partial charge >= 0.3 is 0 Å². The zero-order valence-corrected chi connectivity index (χ0v) is 11.0. The lowest BCUT2D eigenvalue weighted by atomic mass is 9.88. The van der Waals surface area contributed by atoms with Gasteiger partial charge in [-0.25, -0.2) is 4.39 Å². The van der Waals surface area contributed by atoms with Crippen LogP contribution < -0.4 is 5.32 Å². The summed E-state index contributed by atoms with van der Waals surface area (Å²) in [5, 5.41) is 3.49. The SMILES string of the molecule is Cc1cc(F)ccc1CN1CCC2CNCC2C1. The molecule has 1 N–H and O–H groups in total. The standard InChI is InChI=1S/C15H21FN2/c1-11-6-15(16)3-2-13(11)9-18-5-4-12-7-17-8-14(12)10-18/h2-3,6,12,14,17H,4-5,7-10H2,1H3. The Labute approximate surface area is 108 Å². The number of nitrogens with one attached hydrogen (secondary N) is 1. The fourth-order valence-corrected chi connectivity index (χ4v) is 3.33. The highest BCUT2D eigenvalue weighted by atomic mass is 19.1. The molecule has 1 aromatic carbocycles. The summed E-state index contributed by atoms with van der Waals surface area (Å²) in [4.78, 5) is 2.52. The minimum atomic E-state index is -0.130. The number of benzene rings is 1. The maximum absolute atomic E-state index is 13.1. The monoisotopic (exact) mass is 248 g/mol. The number of halogens is 1. The molecule has 0 bridgehead atoms. The number of hydrogen-bond donors (Lipinski definition) is 1. The van der Waals surface area contributed by atoms with E-state index in [4.69, 9.17) is 0 Å². The van der Waals surface area contributed by atoms with Gasteiger partial charge in [0.2, 0.25) is 0 Å². The number of nitrogens with zero attached hydrogens (tertiary/aromatic N) is 1. The van der Waals surface area contributed by atoms with E-state index >= 15 is 0 Å². The third kappa shape index (κ3) is 2.43. The summed E-state index contributed by atoms with van der Waals surface area (Å²) < 4.78 is 13.1. The van der Waals surface area contributed by atoms with Crippen molar-refractivity contribution in [1.29, 1.82) is 0 Å². The van der Waals surface area contributed by atoms with E-state index in [1.165, 1.54) is 38.2 Å². The first-order chi connectivity index (χ1) is 8.72. The molecule has 0 spiro atoms. The quantitative estimate of drug-likeness (QED) is 0.863. The summed E-state index contributed by atoms with van der Waals surface area (Å²) in [6, 6.07) is 5.15. The van der Waals surface area contributed by atoms with Crippen molar-refractivity contribution < 1.29 is 4.39 Å². The molecule has 2 aliphatic rings. The number of piperidine rings is 1. The van der Waals surface area contributed by atoms with E-state index in [0.717, 1.165) is 23.9 Å². The smallest absolute Gasteiger partial charge is 0.123 e. The normalized spacial score (nSPS) is 28.3. The molecule has 98 valence electrons. The number of aryl methyl sites for hydroxylation is 1. The maximum Gasteiger partial charge on any atom is 0.123 e. The molecule has 2 nitrogen and oxygen atoms in total. The van der Waals surface area contributed by atoms with Crippen LogP contribution in [0.3, 0.4) is 0 Å². The fraction of sp³-hybridized carbons (Fsp3) is 0.600. The maximum atomic E-state index is 13.1. The van der Waals surface area contributed by atoms with Gasteiger partial charge in [-0.3, -0.25) is 4.90 Å². The van der Waals surface area contributed by atoms with Crippen molar-refractivity contribution in [3.05, 3.63) is 35.1 Å². The molecule has 1 aromatic rings. The molecule has 18 heavy (non-hydrogen) atoms. The van der Waals surface area contributed by atoms with E-state index in [1.807, 2.05) is 13.0 Å². The minimum Gasteiger partial charge on any atom is -0.316 e. The molecule has 2 unspecified atom stereocenters. The topological polar surface area (TPSA) is 15.3 Å². The highest BCUT2D eigenvalue weighted by molar-refractivity contribution is 5.26. The summed E-state index contributed by atoms with van der Waals surface area (Å²) in [5.74, 6) is 1.57. The van der Waals surface area contributed by atoms with Gasteiger partial charge < -0.3 is 5.32 Å². The van der Waals surface area contributed by atoms with Gasteiger partial charge in [0, 0.05) is 13.1 Å². The summed E-state index contributed by atoms with van der Waals surface area (Å²) in [7, 11) is 0. The molecule has 3 heteroatoms. The van der Waals surface area contributed by atoms with Crippen LogP contribution in [-0.2, 0) is 6.54 Å². The minimum absolute atomic E-state index is 0.130. The van der Waals surface area contributed by atoms with Crippen molar-refractivity contribution >= 4 is 0 Å². The van der Waals surface area contributed by atoms with Crippen LogP contribution in [0.2, 0.25) is 0 Å². The lowest BCUT2D eigenvalue weighted by molar-refractivity contribution is 0.142. The summed E-state index contributed by atoms with van der Waals surface area (Å²) in [6.45, 7) is 7.71. The zero-order chi connectivity index (χ0) is 12.5. The van der Waals surface area contributed by atoms with E-state index in [2.05, 4.69) is 10.2 Å². The summed E-state index contributed by atoms with van der Waals surface area (Å²) >= 11 is 0. The second-order valence-electron chi connectivity index (χ2n) is 5.77. The molecule has 2 atom stereocenters. The van der Waals surface area contributed by atoms with Crippen LogP contribution in [0.15, 0.2) is 18.2 Å². The van der Waals surface area contributed by atoms with Crippen LogP contribution in [0.25, 0.3) is 0 Å². The number of hydrogen-bond acceptors (Lipinski definition) is 2. The molecule has 0 aliphatic carbocycles. The lowest BCUT2D eigenvalue weighted by Gasteiger charge is -2.34. The van der Waals surface area contributed by atoms with Gasteiger partial charge in [0.25, 0.3) is 0 Å². The molecule has 2 heterocycles. The average molecular weight is 248 g/mol. The Morgan fingerprint density at radius 2 is 2.17 bits per heavy atom. The Kier molecular flexibility index (Phi) is 3.35. The predicted molar refractivity (Wildman–Crippen MR) is 70.9 cm³/mol. The Balaban J connectivity index is 1.66. The van der Waals surface area contributed by atoms with Crippen LogP contribution in [0.4, 0.5) is 4.39 Å². The molecule has 0 amide bonds. The van der Waals surface area contributed by atoms with Gasteiger partial charge in [-0.15, -0.1) is 0 Å². The van der Waals surface area contributed by atoms with Gasteiger partial charge in [-0.05, 0) is 68.1 Å². The molecule has 2 saturated heterocycles. The molecule has 0 radical (unpaired) electrons. The van der Waals surface area contributed by atoms with Crippen molar-refractivity contribution in [3.63, 3.8) is 0 Å². The van der Waals surface area contributed by atoms with E-state index in [-0.39, 0.29) is 5.82 Å². The van der Waals surface area contributed by atoms with E-state index < -0.39 is 0 Å². The van der Waals surface area contributed by atoms with Gasteiger partial charge in [0.15, 0.2) is 0 Å². The first kappa shape index (κ1) is 12.1. The van der Waals surface area contributed by atoms with E-state index in [0.29, 0.717) is 0 Å². The van der Waals surface area contributed by atoms with Crippen molar-refractivity contribution in [2.24, 2.45) is 11.8 Å². The van der Waals surface area contributed by atoms with Crippen molar-refractivity contribution in [3.8, 4) is 0 Å². The van der Waals surface area contributed by atoms with Crippen molar-refractivity contribution in [1.82, 2.24) is 10.2 Å². The van der Waals surface area contributed by atoms with Crippen LogP contribution in [-0.4, -0.2) is 31.1 Å². The third-order valence-corrected chi connectivity index (χ3v) is 4.49. The van der Waals surface area contributed by atoms with E-state index in [1.54, 1.807) is 12.1 Å². The number of fused-ring (bicyclic) bond motifs is 1. The number of likely N-dealkylation sites (tertiary alicyclic amines) is 1. The fourth-order valence-electron chi connectivity index (χ4n) is 3.33. The Morgan fingerprint density at radius 1 is 1.33 bits per heavy atom. The molecular formula is C15H21FN2. The molecule has 0 saturated carbocycles.